The maximum Gasteiger partial charge on any atom is 0.330 e. The highest BCUT2D eigenvalue weighted by Gasteiger charge is 2.57. The van der Waals surface area contributed by atoms with Crippen molar-refractivity contribution in [1.29, 1.82) is 0 Å². The SMILES string of the molecule is Cc1ccc2c(c1)COC(C)(F)C2(F)F. The first-order valence-corrected chi connectivity index (χ1v) is 4.65. The average Bonchev–Trinajstić information content (AvgIpc) is 2.12. The van der Waals surface area contributed by atoms with Gasteiger partial charge in [-0.25, -0.2) is 4.39 Å². The van der Waals surface area contributed by atoms with E-state index in [9.17, 15) is 13.2 Å². The number of fused-ring (bicyclic) bond motifs is 1. The summed E-state index contributed by atoms with van der Waals surface area (Å²) in [5.74, 6) is -6.51. The van der Waals surface area contributed by atoms with E-state index in [1.54, 1.807) is 19.1 Å². The summed E-state index contributed by atoms with van der Waals surface area (Å²) in [7, 11) is 0. The van der Waals surface area contributed by atoms with Crippen molar-refractivity contribution in [2.45, 2.75) is 32.2 Å². The largest absolute Gasteiger partial charge is 0.336 e. The second kappa shape index (κ2) is 2.98. The lowest BCUT2D eigenvalue weighted by Crippen LogP contribution is -2.45. The molecule has 4 heteroatoms. The maximum absolute atomic E-state index is 13.6. The predicted molar refractivity (Wildman–Crippen MR) is 49.4 cm³/mol. The van der Waals surface area contributed by atoms with Crippen LogP contribution in [0.3, 0.4) is 0 Å². The third kappa shape index (κ3) is 1.44. The van der Waals surface area contributed by atoms with Crippen LogP contribution in [-0.2, 0) is 17.3 Å². The molecule has 0 spiro atoms. The van der Waals surface area contributed by atoms with Crippen molar-refractivity contribution in [3.8, 4) is 0 Å². The van der Waals surface area contributed by atoms with Gasteiger partial charge in [0, 0.05) is 12.5 Å². The van der Waals surface area contributed by atoms with Crippen molar-refractivity contribution in [1.82, 2.24) is 0 Å². The molecule has 1 nitrogen and oxygen atoms in total. The van der Waals surface area contributed by atoms with Crippen molar-refractivity contribution in [3.63, 3.8) is 0 Å². The van der Waals surface area contributed by atoms with Crippen molar-refractivity contribution in [2.24, 2.45) is 0 Å². The zero-order chi connectivity index (χ0) is 11.3. The molecular formula is C11H11F3O. The van der Waals surface area contributed by atoms with E-state index in [-0.39, 0.29) is 12.2 Å². The molecular weight excluding hydrogens is 205 g/mol. The van der Waals surface area contributed by atoms with E-state index in [1.165, 1.54) is 6.07 Å². The van der Waals surface area contributed by atoms with Gasteiger partial charge in [-0.1, -0.05) is 23.8 Å². The number of alkyl halides is 3. The fourth-order valence-corrected chi connectivity index (χ4v) is 1.69. The number of aryl methyl sites for hydroxylation is 1. The molecule has 0 fully saturated rings. The highest BCUT2D eigenvalue weighted by Crippen LogP contribution is 2.47. The Morgan fingerprint density at radius 1 is 1.27 bits per heavy atom. The zero-order valence-electron chi connectivity index (χ0n) is 8.48. The standard InChI is InChI=1S/C11H11F3O/c1-7-3-4-9-8(5-7)6-15-10(2,12)11(9,13)14/h3-5H,6H2,1-2H3. The van der Waals surface area contributed by atoms with Gasteiger partial charge >= 0.3 is 5.92 Å². The van der Waals surface area contributed by atoms with Crippen molar-refractivity contribution in [3.05, 3.63) is 34.9 Å². The molecule has 15 heavy (non-hydrogen) atoms. The number of benzene rings is 1. The molecule has 1 unspecified atom stereocenters. The molecule has 0 bridgehead atoms. The van der Waals surface area contributed by atoms with E-state index in [2.05, 4.69) is 4.74 Å². The van der Waals surface area contributed by atoms with Crippen LogP contribution in [0, 0.1) is 6.92 Å². The molecule has 1 aromatic carbocycles. The van der Waals surface area contributed by atoms with E-state index < -0.39 is 11.8 Å². The van der Waals surface area contributed by atoms with Crippen LogP contribution in [0.25, 0.3) is 0 Å². The molecule has 1 aromatic rings. The number of hydrogen-bond acceptors (Lipinski definition) is 1. The molecule has 1 atom stereocenters. The first kappa shape index (κ1) is 10.5. The van der Waals surface area contributed by atoms with E-state index in [0.29, 0.717) is 5.56 Å². The molecule has 2 rings (SSSR count). The normalized spacial score (nSPS) is 28.6. The molecule has 0 saturated heterocycles. The van der Waals surface area contributed by atoms with Crippen LogP contribution >= 0.6 is 0 Å². The average molecular weight is 216 g/mol. The van der Waals surface area contributed by atoms with Gasteiger partial charge in [-0.2, -0.15) is 8.78 Å². The predicted octanol–water partition coefficient (Wildman–Crippen LogP) is 3.30. The van der Waals surface area contributed by atoms with Crippen LogP contribution in [0.15, 0.2) is 18.2 Å². The minimum absolute atomic E-state index is 0.112. The summed E-state index contributed by atoms with van der Waals surface area (Å²) in [4.78, 5) is 0. The minimum atomic E-state index is -3.59. The molecule has 1 aliphatic rings. The Morgan fingerprint density at radius 2 is 1.93 bits per heavy atom. The molecule has 0 aromatic heterocycles. The maximum atomic E-state index is 13.6. The summed E-state index contributed by atoms with van der Waals surface area (Å²) in [5, 5.41) is 0. The molecule has 0 saturated carbocycles. The molecule has 0 aliphatic carbocycles. The summed E-state index contributed by atoms with van der Waals surface area (Å²) in [6.07, 6.45) is 0. The number of halogens is 3. The van der Waals surface area contributed by atoms with Gasteiger partial charge in [-0.15, -0.1) is 0 Å². The van der Waals surface area contributed by atoms with Crippen LogP contribution < -0.4 is 0 Å². The summed E-state index contributed by atoms with van der Waals surface area (Å²) in [6, 6.07) is 4.41. The highest BCUT2D eigenvalue weighted by molar-refractivity contribution is 5.36. The molecule has 1 aliphatic heterocycles. The highest BCUT2D eigenvalue weighted by atomic mass is 19.3. The summed E-state index contributed by atoms with van der Waals surface area (Å²) < 4.78 is 45.2. The number of rotatable bonds is 0. The Morgan fingerprint density at radius 3 is 2.60 bits per heavy atom. The quantitative estimate of drug-likeness (QED) is 0.646. The molecule has 82 valence electrons. The third-order valence-electron chi connectivity index (χ3n) is 2.66. The lowest BCUT2D eigenvalue weighted by Gasteiger charge is -2.36. The van der Waals surface area contributed by atoms with Gasteiger partial charge in [0.1, 0.15) is 0 Å². The Labute approximate surface area is 85.9 Å². The fraction of sp³-hybridized carbons (Fsp3) is 0.455. The van der Waals surface area contributed by atoms with Gasteiger partial charge in [0.15, 0.2) is 0 Å². The first-order chi connectivity index (χ1) is 6.84. The monoisotopic (exact) mass is 216 g/mol. The third-order valence-corrected chi connectivity index (χ3v) is 2.66. The van der Waals surface area contributed by atoms with Crippen LogP contribution in [0.4, 0.5) is 13.2 Å². The van der Waals surface area contributed by atoms with Crippen LogP contribution in [0.5, 0.6) is 0 Å². The number of hydrogen-bond donors (Lipinski definition) is 0. The first-order valence-electron chi connectivity index (χ1n) is 4.65. The zero-order valence-corrected chi connectivity index (χ0v) is 8.48. The smallest absolute Gasteiger partial charge is 0.330 e. The minimum Gasteiger partial charge on any atom is -0.336 e. The van der Waals surface area contributed by atoms with E-state index >= 15 is 0 Å². The molecule has 0 radical (unpaired) electrons. The topological polar surface area (TPSA) is 9.23 Å². The van der Waals surface area contributed by atoms with Gasteiger partial charge in [0.05, 0.1) is 6.61 Å². The van der Waals surface area contributed by atoms with Gasteiger partial charge in [-0.05, 0) is 12.5 Å². The van der Waals surface area contributed by atoms with Crippen molar-refractivity contribution < 1.29 is 17.9 Å². The van der Waals surface area contributed by atoms with Gasteiger partial charge in [-0.3, -0.25) is 0 Å². The van der Waals surface area contributed by atoms with Gasteiger partial charge in [0.25, 0.3) is 5.85 Å². The van der Waals surface area contributed by atoms with Crippen LogP contribution in [0.2, 0.25) is 0 Å². The molecule has 1 heterocycles. The second-order valence-electron chi connectivity index (χ2n) is 3.94. The Bertz CT molecular complexity index is 399. The lowest BCUT2D eigenvalue weighted by molar-refractivity contribution is -0.290. The van der Waals surface area contributed by atoms with Gasteiger partial charge in [0.2, 0.25) is 0 Å². The summed E-state index contributed by atoms with van der Waals surface area (Å²) in [5.41, 5.74) is 0.940. The van der Waals surface area contributed by atoms with E-state index in [1.807, 2.05) is 0 Å². The lowest BCUT2D eigenvalue weighted by atomic mass is 9.93. The summed E-state index contributed by atoms with van der Waals surface area (Å²) >= 11 is 0. The van der Waals surface area contributed by atoms with Crippen LogP contribution in [-0.4, -0.2) is 5.85 Å². The second-order valence-corrected chi connectivity index (χ2v) is 3.94. The Balaban J connectivity index is 2.58. The Kier molecular flexibility index (Phi) is 2.08. The van der Waals surface area contributed by atoms with Crippen LogP contribution in [0.1, 0.15) is 23.6 Å². The Hall–Kier alpha value is -1.03. The van der Waals surface area contributed by atoms with Crippen molar-refractivity contribution in [2.75, 3.05) is 0 Å². The molecule has 0 N–H and O–H groups in total. The van der Waals surface area contributed by atoms with Crippen molar-refractivity contribution >= 4 is 0 Å². The van der Waals surface area contributed by atoms with Gasteiger partial charge < -0.3 is 4.74 Å². The number of ether oxygens (including phenoxy) is 1. The fourth-order valence-electron chi connectivity index (χ4n) is 1.69. The molecule has 0 amide bonds. The van der Waals surface area contributed by atoms with E-state index in [0.717, 1.165) is 12.5 Å². The van der Waals surface area contributed by atoms with E-state index in [4.69, 9.17) is 0 Å². The summed E-state index contributed by atoms with van der Waals surface area (Å²) in [6.45, 7) is 2.44.